The van der Waals surface area contributed by atoms with E-state index in [-0.39, 0.29) is 0 Å². The molecule has 0 atom stereocenters. The summed E-state index contributed by atoms with van der Waals surface area (Å²) in [7, 11) is 0. The fraction of sp³-hybridized carbons (Fsp3) is 1.00. The third-order valence-corrected chi connectivity index (χ3v) is 2.46. The Morgan fingerprint density at radius 2 is 1.60 bits per heavy atom. The standard InChI is InChI=1S/C7H11Cl3/c8-7(9,10)5-6-3-1-2-4-6/h6H,1-5H2. The summed E-state index contributed by atoms with van der Waals surface area (Å²) < 4.78 is -1.02. The first-order chi connectivity index (χ1) is 4.58. The molecule has 0 amide bonds. The average Bonchev–Trinajstić information content (AvgIpc) is 2.12. The van der Waals surface area contributed by atoms with Gasteiger partial charge in [0.1, 0.15) is 0 Å². The van der Waals surface area contributed by atoms with Crippen molar-refractivity contribution in [1.82, 2.24) is 0 Å². The van der Waals surface area contributed by atoms with Crippen molar-refractivity contribution < 1.29 is 0 Å². The zero-order chi connectivity index (χ0) is 7.61. The lowest BCUT2D eigenvalue weighted by Gasteiger charge is -2.15. The van der Waals surface area contributed by atoms with E-state index < -0.39 is 3.79 Å². The van der Waals surface area contributed by atoms with Gasteiger partial charge in [-0.1, -0.05) is 60.5 Å². The Morgan fingerprint density at radius 1 is 1.10 bits per heavy atom. The Balaban J connectivity index is 2.24. The minimum atomic E-state index is -1.02. The number of halogens is 3. The maximum Gasteiger partial charge on any atom is 0.190 e. The van der Waals surface area contributed by atoms with Crippen LogP contribution in [0.1, 0.15) is 32.1 Å². The molecular formula is C7H11Cl3. The minimum Gasteiger partial charge on any atom is -0.0837 e. The van der Waals surface area contributed by atoms with E-state index in [4.69, 9.17) is 34.8 Å². The molecule has 1 aliphatic rings. The van der Waals surface area contributed by atoms with E-state index in [0.717, 1.165) is 6.42 Å². The molecule has 0 aromatic carbocycles. The Labute approximate surface area is 76.8 Å². The molecule has 0 spiro atoms. The van der Waals surface area contributed by atoms with Gasteiger partial charge < -0.3 is 0 Å². The molecule has 0 aromatic heterocycles. The second-order valence-electron chi connectivity index (χ2n) is 2.97. The van der Waals surface area contributed by atoms with Crippen molar-refractivity contribution in [3.63, 3.8) is 0 Å². The lowest BCUT2D eigenvalue weighted by molar-refractivity contribution is 0.510. The molecule has 60 valence electrons. The van der Waals surface area contributed by atoms with Crippen LogP contribution in [0.15, 0.2) is 0 Å². The first kappa shape index (κ1) is 8.96. The van der Waals surface area contributed by atoms with Gasteiger partial charge in [-0.15, -0.1) is 0 Å². The molecular weight excluding hydrogens is 190 g/mol. The lowest BCUT2D eigenvalue weighted by atomic mass is 10.1. The maximum atomic E-state index is 5.64. The van der Waals surface area contributed by atoms with Crippen molar-refractivity contribution in [2.24, 2.45) is 5.92 Å². The zero-order valence-electron chi connectivity index (χ0n) is 5.75. The topological polar surface area (TPSA) is 0 Å². The molecule has 10 heavy (non-hydrogen) atoms. The number of rotatable bonds is 1. The van der Waals surface area contributed by atoms with Crippen molar-refractivity contribution in [3.05, 3.63) is 0 Å². The van der Waals surface area contributed by atoms with E-state index in [1.54, 1.807) is 0 Å². The van der Waals surface area contributed by atoms with Crippen molar-refractivity contribution in [1.29, 1.82) is 0 Å². The van der Waals surface area contributed by atoms with Gasteiger partial charge in [-0.25, -0.2) is 0 Å². The van der Waals surface area contributed by atoms with E-state index in [1.807, 2.05) is 0 Å². The predicted molar refractivity (Wildman–Crippen MR) is 46.9 cm³/mol. The van der Waals surface area contributed by atoms with Crippen LogP contribution < -0.4 is 0 Å². The van der Waals surface area contributed by atoms with Gasteiger partial charge in [-0.05, 0) is 12.3 Å². The highest BCUT2D eigenvalue weighted by molar-refractivity contribution is 6.67. The van der Waals surface area contributed by atoms with Crippen LogP contribution >= 0.6 is 34.8 Å². The largest absolute Gasteiger partial charge is 0.190 e. The van der Waals surface area contributed by atoms with Crippen LogP contribution in [0.3, 0.4) is 0 Å². The van der Waals surface area contributed by atoms with Gasteiger partial charge in [-0.2, -0.15) is 0 Å². The van der Waals surface area contributed by atoms with E-state index >= 15 is 0 Å². The summed E-state index contributed by atoms with van der Waals surface area (Å²) in [5, 5.41) is 0. The maximum absolute atomic E-state index is 5.64. The summed E-state index contributed by atoms with van der Waals surface area (Å²) in [6.07, 6.45) is 5.84. The third-order valence-electron chi connectivity index (χ3n) is 1.99. The molecule has 0 radical (unpaired) electrons. The summed E-state index contributed by atoms with van der Waals surface area (Å²) in [6, 6.07) is 0. The Kier molecular flexibility index (Phi) is 3.15. The molecule has 1 saturated carbocycles. The van der Waals surface area contributed by atoms with Gasteiger partial charge in [0.25, 0.3) is 0 Å². The molecule has 0 nitrogen and oxygen atoms in total. The van der Waals surface area contributed by atoms with Gasteiger partial charge >= 0.3 is 0 Å². The predicted octanol–water partition coefficient (Wildman–Crippen LogP) is 3.94. The van der Waals surface area contributed by atoms with Crippen molar-refractivity contribution in [2.45, 2.75) is 35.9 Å². The van der Waals surface area contributed by atoms with E-state index in [2.05, 4.69) is 0 Å². The van der Waals surface area contributed by atoms with Crippen LogP contribution in [0.4, 0.5) is 0 Å². The highest BCUT2D eigenvalue weighted by Crippen LogP contribution is 2.39. The van der Waals surface area contributed by atoms with Crippen LogP contribution in [0.5, 0.6) is 0 Å². The number of hydrogen-bond donors (Lipinski definition) is 0. The zero-order valence-corrected chi connectivity index (χ0v) is 8.01. The Bertz CT molecular complexity index is 99.9. The quantitative estimate of drug-likeness (QED) is 0.564. The summed E-state index contributed by atoms with van der Waals surface area (Å²) in [5.74, 6) is 0.660. The van der Waals surface area contributed by atoms with E-state index in [0.29, 0.717) is 5.92 Å². The monoisotopic (exact) mass is 200 g/mol. The molecule has 0 bridgehead atoms. The smallest absolute Gasteiger partial charge is 0.0837 e. The van der Waals surface area contributed by atoms with Gasteiger partial charge in [0.2, 0.25) is 0 Å². The highest BCUT2D eigenvalue weighted by Gasteiger charge is 2.27. The first-order valence-corrected chi connectivity index (χ1v) is 4.78. The van der Waals surface area contributed by atoms with Crippen molar-refractivity contribution in [2.75, 3.05) is 0 Å². The van der Waals surface area contributed by atoms with Crippen LogP contribution in [0.25, 0.3) is 0 Å². The molecule has 0 saturated heterocycles. The van der Waals surface area contributed by atoms with Gasteiger partial charge in [0, 0.05) is 0 Å². The van der Waals surface area contributed by atoms with E-state index in [1.165, 1.54) is 25.7 Å². The molecule has 1 fully saturated rings. The normalized spacial score (nSPS) is 21.9. The fourth-order valence-electron chi connectivity index (χ4n) is 1.54. The van der Waals surface area contributed by atoms with Crippen molar-refractivity contribution >= 4 is 34.8 Å². The fourth-order valence-corrected chi connectivity index (χ4v) is 2.20. The third kappa shape index (κ3) is 3.32. The van der Waals surface area contributed by atoms with Crippen LogP contribution in [0.2, 0.25) is 0 Å². The minimum absolute atomic E-state index is 0.660. The number of alkyl halides is 3. The molecule has 0 aromatic rings. The SMILES string of the molecule is ClC(Cl)(Cl)CC1CCCC1. The Hall–Kier alpha value is 0.870. The van der Waals surface area contributed by atoms with Gasteiger partial charge in [0.15, 0.2) is 3.79 Å². The molecule has 0 unspecified atom stereocenters. The average molecular weight is 202 g/mol. The summed E-state index contributed by atoms with van der Waals surface area (Å²) >= 11 is 16.9. The number of hydrogen-bond acceptors (Lipinski definition) is 0. The second-order valence-corrected chi connectivity index (χ2v) is 5.49. The molecule has 0 heterocycles. The molecule has 3 heteroatoms. The molecule has 0 N–H and O–H groups in total. The lowest BCUT2D eigenvalue weighted by Crippen LogP contribution is -2.08. The molecule has 1 rings (SSSR count). The highest BCUT2D eigenvalue weighted by atomic mass is 35.6. The summed E-state index contributed by atoms with van der Waals surface area (Å²) in [4.78, 5) is 0. The first-order valence-electron chi connectivity index (χ1n) is 3.65. The second kappa shape index (κ2) is 3.51. The van der Waals surface area contributed by atoms with Crippen LogP contribution in [0, 0.1) is 5.92 Å². The Morgan fingerprint density at radius 3 is 2.00 bits per heavy atom. The van der Waals surface area contributed by atoms with Crippen LogP contribution in [-0.2, 0) is 0 Å². The molecule has 1 aliphatic carbocycles. The van der Waals surface area contributed by atoms with E-state index in [9.17, 15) is 0 Å². The molecule has 0 aliphatic heterocycles. The van der Waals surface area contributed by atoms with Crippen molar-refractivity contribution in [3.8, 4) is 0 Å². The van der Waals surface area contributed by atoms with Crippen LogP contribution in [-0.4, -0.2) is 3.79 Å². The van der Waals surface area contributed by atoms with Gasteiger partial charge in [0.05, 0.1) is 0 Å². The summed E-state index contributed by atoms with van der Waals surface area (Å²) in [5.41, 5.74) is 0. The van der Waals surface area contributed by atoms with Gasteiger partial charge in [-0.3, -0.25) is 0 Å². The summed E-state index contributed by atoms with van der Waals surface area (Å²) in [6.45, 7) is 0.